The van der Waals surface area contributed by atoms with Crippen LogP contribution in [0.2, 0.25) is 0 Å². The maximum Gasteiger partial charge on any atom is 0.269 e. The second-order valence-corrected chi connectivity index (χ2v) is 4.48. The van der Waals surface area contributed by atoms with E-state index in [4.69, 9.17) is 16.3 Å². The predicted octanol–water partition coefficient (Wildman–Crippen LogP) is 1.36. The van der Waals surface area contributed by atoms with Crippen LogP contribution in [0.3, 0.4) is 0 Å². The first-order valence-electron chi connectivity index (χ1n) is 6.01. The minimum absolute atomic E-state index is 0.0695. The fourth-order valence-corrected chi connectivity index (χ4v) is 1.96. The quantitative estimate of drug-likeness (QED) is 0.763. The maximum atomic E-state index is 12.1. The third-order valence-corrected chi connectivity index (χ3v) is 2.90. The van der Waals surface area contributed by atoms with Crippen LogP contribution in [0.25, 0.3) is 0 Å². The van der Waals surface area contributed by atoms with Gasteiger partial charge in [0, 0.05) is 20.0 Å². The smallest absolute Gasteiger partial charge is 0.269 e. The Kier molecular flexibility index (Phi) is 6.15. The largest absolute Gasteiger partial charge is 0.383 e. The normalized spacial score (nSPS) is 12.4. The van der Waals surface area contributed by atoms with Crippen LogP contribution in [0, 0.1) is 0 Å². The summed E-state index contributed by atoms with van der Waals surface area (Å²) >= 11 is 5.69. The van der Waals surface area contributed by atoms with E-state index in [1.54, 1.807) is 24.9 Å². The van der Waals surface area contributed by atoms with Gasteiger partial charge in [0.15, 0.2) is 0 Å². The number of nitrogens with one attached hydrogen (secondary N) is 1. The number of hydrogen-bond donors (Lipinski definition) is 1. The number of alkyl halides is 1. The SMILES string of the molecule is CCc1cc(C(=O)NC(CCCl)COC)n(C)n1. The van der Waals surface area contributed by atoms with Crippen molar-refractivity contribution in [2.24, 2.45) is 7.05 Å². The van der Waals surface area contributed by atoms with E-state index in [-0.39, 0.29) is 11.9 Å². The fourth-order valence-electron chi connectivity index (χ4n) is 1.70. The molecule has 1 atom stereocenters. The van der Waals surface area contributed by atoms with Crippen molar-refractivity contribution < 1.29 is 9.53 Å². The van der Waals surface area contributed by atoms with E-state index in [9.17, 15) is 4.79 Å². The molecule has 1 amide bonds. The number of rotatable bonds is 7. The molecular weight excluding hydrogens is 254 g/mol. The first kappa shape index (κ1) is 15.0. The number of hydrogen-bond acceptors (Lipinski definition) is 3. The Morgan fingerprint density at radius 2 is 2.39 bits per heavy atom. The molecule has 5 nitrogen and oxygen atoms in total. The number of aryl methyl sites for hydroxylation is 2. The van der Waals surface area contributed by atoms with Gasteiger partial charge >= 0.3 is 0 Å². The number of carbonyl (C=O) groups excluding carboxylic acids is 1. The van der Waals surface area contributed by atoms with Gasteiger partial charge in [-0.2, -0.15) is 5.10 Å². The number of halogens is 1. The highest BCUT2D eigenvalue weighted by atomic mass is 35.5. The molecule has 1 aromatic heterocycles. The lowest BCUT2D eigenvalue weighted by atomic mass is 10.2. The lowest BCUT2D eigenvalue weighted by molar-refractivity contribution is 0.0886. The summed E-state index contributed by atoms with van der Waals surface area (Å²) in [6.07, 6.45) is 1.49. The minimum atomic E-state index is -0.142. The second kappa shape index (κ2) is 7.38. The first-order chi connectivity index (χ1) is 8.62. The monoisotopic (exact) mass is 273 g/mol. The average molecular weight is 274 g/mol. The summed E-state index contributed by atoms with van der Waals surface area (Å²) in [4.78, 5) is 12.1. The molecule has 0 aliphatic rings. The van der Waals surface area contributed by atoms with Crippen LogP contribution in [0.15, 0.2) is 6.07 Å². The van der Waals surface area contributed by atoms with Crippen LogP contribution in [0.5, 0.6) is 0 Å². The van der Waals surface area contributed by atoms with E-state index in [2.05, 4.69) is 10.4 Å². The molecule has 102 valence electrons. The summed E-state index contributed by atoms with van der Waals surface area (Å²) < 4.78 is 6.65. The molecule has 1 heterocycles. The fraction of sp³-hybridized carbons (Fsp3) is 0.667. The van der Waals surface area contributed by atoms with E-state index in [0.29, 0.717) is 24.6 Å². The van der Waals surface area contributed by atoms with Gasteiger partial charge in [0.05, 0.1) is 18.3 Å². The third kappa shape index (κ3) is 3.99. The van der Waals surface area contributed by atoms with Crippen molar-refractivity contribution in [1.29, 1.82) is 0 Å². The summed E-state index contributed by atoms with van der Waals surface area (Å²) in [5, 5.41) is 7.15. The zero-order valence-electron chi connectivity index (χ0n) is 11.1. The van der Waals surface area contributed by atoms with Crippen LogP contribution in [0.4, 0.5) is 0 Å². The lowest BCUT2D eigenvalue weighted by Gasteiger charge is -2.16. The highest BCUT2D eigenvalue weighted by Gasteiger charge is 2.17. The topological polar surface area (TPSA) is 56.1 Å². The van der Waals surface area contributed by atoms with Crippen molar-refractivity contribution in [1.82, 2.24) is 15.1 Å². The first-order valence-corrected chi connectivity index (χ1v) is 6.54. The van der Waals surface area contributed by atoms with E-state index >= 15 is 0 Å². The summed E-state index contributed by atoms with van der Waals surface area (Å²) in [6, 6.07) is 1.74. The number of nitrogens with zero attached hydrogens (tertiary/aromatic N) is 2. The number of aromatic nitrogens is 2. The molecule has 0 aliphatic heterocycles. The zero-order chi connectivity index (χ0) is 13.5. The van der Waals surface area contributed by atoms with Gasteiger partial charge in [0.2, 0.25) is 0 Å². The summed E-state index contributed by atoms with van der Waals surface area (Å²) in [5.74, 6) is 0.344. The van der Waals surface area contributed by atoms with Crippen molar-refractivity contribution >= 4 is 17.5 Å². The molecule has 0 spiro atoms. The summed E-state index contributed by atoms with van der Waals surface area (Å²) in [5.41, 5.74) is 1.46. The molecule has 0 fully saturated rings. The maximum absolute atomic E-state index is 12.1. The van der Waals surface area contributed by atoms with Gasteiger partial charge in [0.25, 0.3) is 5.91 Å². The van der Waals surface area contributed by atoms with Gasteiger partial charge in [-0.3, -0.25) is 9.48 Å². The van der Waals surface area contributed by atoms with Crippen molar-refractivity contribution in [2.75, 3.05) is 19.6 Å². The van der Waals surface area contributed by atoms with Gasteiger partial charge in [-0.1, -0.05) is 6.92 Å². The predicted molar refractivity (Wildman–Crippen MR) is 71.1 cm³/mol. The van der Waals surface area contributed by atoms with E-state index < -0.39 is 0 Å². The Labute approximate surface area is 112 Å². The van der Waals surface area contributed by atoms with Gasteiger partial charge < -0.3 is 10.1 Å². The van der Waals surface area contributed by atoms with Gasteiger partial charge in [-0.25, -0.2) is 0 Å². The number of ether oxygens (including phenoxy) is 1. The Bertz CT molecular complexity index is 387. The van der Waals surface area contributed by atoms with Crippen molar-refractivity contribution in [3.8, 4) is 0 Å². The third-order valence-electron chi connectivity index (χ3n) is 2.69. The molecule has 0 saturated heterocycles. The van der Waals surface area contributed by atoms with Crippen LogP contribution in [0.1, 0.15) is 29.5 Å². The average Bonchev–Trinajstić information content (AvgIpc) is 2.71. The van der Waals surface area contributed by atoms with Gasteiger partial charge in [0.1, 0.15) is 5.69 Å². The molecule has 0 aliphatic carbocycles. The van der Waals surface area contributed by atoms with Crippen LogP contribution in [-0.4, -0.2) is 41.3 Å². The molecule has 1 rings (SSSR count). The van der Waals surface area contributed by atoms with Crippen LogP contribution in [-0.2, 0) is 18.2 Å². The molecule has 18 heavy (non-hydrogen) atoms. The molecular formula is C12H20ClN3O2. The molecule has 0 bridgehead atoms. The standard InChI is InChI=1S/C12H20ClN3O2/c1-4-9-7-11(16(2)15-9)12(17)14-10(5-6-13)8-18-3/h7,10H,4-6,8H2,1-3H3,(H,14,17). The second-order valence-electron chi connectivity index (χ2n) is 4.10. The van der Waals surface area contributed by atoms with Gasteiger partial charge in [-0.15, -0.1) is 11.6 Å². The number of methoxy groups -OCH3 is 1. The van der Waals surface area contributed by atoms with Crippen LogP contribution < -0.4 is 5.32 Å². The highest BCUT2D eigenvalue weighted by Crippen LogP contribution is 2.05. The van der Waals surface area contributed by atoms with Gasteiger partial charge in [-0.05, 0) is 18.9 Å². The van der Waals surface area contributed by atoms with E-state index in [0.717, 1.165) is 12.1 Å². The number of carbonyl (C=O) groups is 1. The van der Waals surface area contributed by atoms with Crippen molar-refractivity contribution in [3.63, 3.8) is 0 Å². The Hall–Kier alpha value is -1.07. The van der Waals surface area contributed by atoms with E-state index in [1.807, 2.05) is 6.92 Å². The summed E-state index contributed by atoms with van der Waals surface area (Å²) in [7, 11) is 3.37. The van der Waals surface area contributed by atoms with E-state index in [1.165, 1.54) is 0 Å². The molecule has 0 saturated carbocycles. The molecule has 6 heteroatoms. The van der Waals surface area contributed by atoms with Crippen molar-refractivity contribution in [2.45, 2.75) is 25.8 Å². The lowest BCUT2D eigenvalue weighted by Crippen LogP contribution is -2.39. The summed E-state index contributed by atoms with van der Waals surface area (Å²) in [6.45, 7) is 2.46. The highest BCUT2D eigenvalue weighted by molar-refractivity contribution is 6.17. The molecule has 1 unspecified atom stereocenters. The minimum Gasteiger partial charge on any atom is -0.383 e. The Morgan fingerprint density at radius 3 is 2.89 bits per heavy atom. The molecule has 0 aromatic carbocycles. The number of amides is 1. The van der Waals surface area contributed by atoms with Crippen molar-refractivity contribution in [3.05, 3.63) is 17.5 Å². The molecule has 1 N–H and O–H groups in total. The molecule has 1 aromatic rings. The van der Waals surface area contributed by atoms with Crippen LogP contribution >= 0.6 is 11.6 Å². The Balaban J connectivity index is 2.70. The molecule has 0 radical (unpaired) electrons. The zero-order valence-corrected chi connectivity index (χ0v) is 11.8. The Morgan fingerprint density at radius 1 is 1.67 bits per heavy atom.